The fourth-order valence-corrected chi connectivity index (χ4v) is 2.70. The molecule has 98 valence electrons. The maximum absolute atomic E-state index is 13.4. The number of nitriles is 1. The Balaban J connectivity index is 3.13. The lowest BCUT2D eigenvalue weighted by molar-refractivity contribution is 0.587. The van der Waals surface area contributed by atoms with Gasteiger partial charge in [0.25, 0.3) is 0 Å². The predicted molar refractivity (Wildman–Crippen MR) is 66.3 cm³/mol. The van der Waals surface area contributed by atoms with E-state index in [0.29, 0.717) is 6.07 Å². The van der Waals surface area contributed by atoms with Crippen LogP contribution in [0, 0.1) is 23.0 Å². The van der Waals surface area contributed by atoms with Crippen molar-refractivity contribution >= 4 is 31.6 Å². The normalized spacial score (nSPS) is 12.8. The minimum atomic E-state index is -4.06. The number of sulfonamides is 1. The minimum Gasteiger partial charge on any atom is -0.279 e. The molecule has 0 fully saturated rings. The summed E-state index contributed by atoms with van der Waals surface area (Å²) in [6.07, 6.45) is 0.0481. The summed E-state index contributed by atoms with van der Waals surface area (Å²) in [4.78, 5) is 0. The molecule has 0 aliphatic rings. The molecule has 0 aliphatic carbocycles. The van der Waals surface area contributed by atoms with Gasteiger partial charge in [0.15, 0.2) is 5.25 Å². The Morgan fingerprint density at radius 2 is 2.06 bits per heavy atom. The van der Waals surface area contributed by atoms with Crippen LogP contribution in [0.3, 0.4) is 0 Å². The Morgan fingerprint density at radius 1 is 1.44 bits per heavy atom. The molecule has 8 heteroatoms. The molecule has 4 nitrogen and oxygen atoms in total. The van der Waals surface area contributed by atoms with Gasteiger partial charge in [-0.25, -0.2) is 17.2 Å². The zero-order chi connectivity index (χ0) is 13.9. The van der Waals surface area contributed by atoms with Crippen LogP contribution in [0.4, 0.5) is 14.5 Å². The summed E-state index contributed by atoms with van der Waals surface area (Å²) in [5.41, 5.74) is -0.524. The van der Waals surface area contributed by atoms with Crippen molar-refractivity contribution in [1.82, 2.24) is 0 Å². The maximum atomic E-state index is 13.4. The van der Waals surface area contributed by atoms with E-state index in [0.717, 1.165) is 6.07 Å². The Bertz CT molecular complexity index is 599. The van der Waals surface area contributed by atoms with E-state index in [1.807, 2.05) is 4.72 Å². The van der Waals surface area contributed by atoms with Gasteiger partial charge in [0.2, 0.25) is 10.0 Å². The highest BCUT2D eigenvalue weighted by atomic mass is 79.9. The fraction of sp³-hybridized carbons (Fsp3) is 0.300. The van der Waals surface area contributed by atoms with E-state index in [4.69, 9.17) is 5.26 Å². The number of hydrogen-bond acceptors (Lipinski definition) is 3. The fourth-order valence-electron chi connectivity index (χ4n) is 1.21. The van der Waals surface area contributed by atoms with Gasteiger partial charge in [-0.2, -0.15) is 5.26 Å². The summed E-state index contributed by atoms with van der Waals surface area (Å²) < 4.78 is 51.7. The Labute approximate surface area is 112 Å². The van der Waals surface area contributed by atoms with Crippen LogP contribution >= 0.6 is 15.9 Å². The summed E-state index contributed by atoms with van der Waals surface area (Å²) in [6.45, 7) is 1.51. The van der Waals surface area contributed by atoms with E-state index >= 15 is 0 Å². The summed E-state index contributed by atoms with van der Waals surface area (Å²) in [7, 11) is -4.06. The standard InChI is InChI=1S/C10H9BrF2N2O2S/c1-2-6(5-14)18(16,17)15-10-4-8(12)7(11)3-9(10)13/h3-4,6,15H,2H2,1H3. The molecule has 1 unspecified atom stereocenters. The van der Waals surface area contributed by atoms with Crippen LogP contribution in [0.15, 0.2) is 16.6 Å². The molecule has 1 atom stereocenters. The second kappa shape index (κ2) is 5.63. The second-order valence-corrected chi connectivity index (χ2v) is 6.14. The van der Waals surface area contributed by atoms with Crippen LogP contribution < -0.4 is 4.72 Å². The number of rotatable bonds is 4. The van der Waals surface area contributed by atoms with Gasteiger partial charge < -0.3 is 0 Å². The quantitative estimate of drug-likeness (QED) is 0.858. The van der Waals surface area contributed by atoms with E-state index in [2.05, 4.69) is 15.9 Å². The minimum absolute atomic E-state index is 0.0481. The monoisotopic (exact) mass is 338 g/mol. The average Bonchev–Trinajstić information content (AvgIpc) is 2.26. The summed E-state index contributed by atoms with van der Waals surface area (Å²) >= 11 is 2.77. The molecule has 1 aromatic rings. The highest BCUT2D eigenvalue weighted by molar-refractivity contribution is 9.10. The zero-order valence-electron chi connectivity index (χ0n) is 9.25. The molecule has 0 saturated heterocycles. The summed E-state index contributed by atoms with van der Waals surface area (Å²) in [6, 6.07) is 3.10. The first kappa shape index (κ1) is 14.9. The van der Waals surface area contributed by atoms with Crippen molar-refractivity contribution in [1.29, 1.82) is 5.26 Å². The molecule has 0 saturated carbocycles. The van der Waals surface area contributed by atoms with Crippen molar-refractivity contribution < 1.29 is 17.2 Å². The van der Waals surface area contributed by atoms with Gasteiger partial charge in [0.05, 0.1) is 16.2 Å². The molecule has 0 heterocycles. The molecule has 1 N–H and O–H groups in total. The number of hydrogen-bond donors (Lipinski definition) is 1. The Hall–Kier alpha value is -1.20. The van der Waals surface area contributed by atoms with Crippen molar-refractivity contribution in [2.75, 3.05) is 4.72 Å². The summed E-state index contributed by atoms with van der Waals surface area (Å²) in [5, 5.41) is 7.35. The molecule has 18 heavy (non-hydrogen) atoms. The molecular weight excluding hydrogens is 330 g/mol. The van der Waals surface area contributed by atoms with E-state index in [-0.39, 0.29) is 10.9 Å². The number of nitrogens with zero attached hydrogens (tertiary/aromatic N) is 1. The topological polar surface area (TPSA) is 70.0 Å². The van der Waals surface area contributed by atoms with Crippen molar-refractivity contribution in [3.8, 4) is 6.07 Å². The van der Waals surface area contributed by atoms with Gasteiger partial charge in [0.1, 0.15) is 11.6 Å². The lowest BCUT2D eigenvalue weighted by Gasteiger charge is -2.12. The molecule has 0 aliphatic heterocycles. The Morgan fingerprint density at radius 3 is 2.56 bits per heavy atom. The van der Waals surface area contributed by atoms with Crippen molar-refractivity contribution in [2.24, 2.45) is 0 Å². The molecule has 1 rings (SSSR count). The molecule has 0 amide bonds. The van der Waals surface area contributed by atoms with Gasteiger partial charge in [-0.15, -0.1) is 0 Å². The second-order valence-electron chi connectivity index (χ2n) is 3.42. The van der Waals surface area contributed by atoms with E-state index < -0.39 is 32.6 Å². The smallest absolute Gasteiger partial charge is 0.249 e. The number of anilines is 1. The molecule has 0 bridgehead atoms. The molecule has 0 aromatic heterocycles. The first-order valence-corrected chi connectivity index (χ1v) is 7.21. The average molecular weight is 339 g/mol. The van der Waals surface area contributed by atoms with Crippen molar-refractivity contribution in [3.63, 3.8) is 0 Å². The number of halogens is 3. The van der Waals surface area contributed by atoms with Gasteiger partial charge in [-0.3, -0.25) is 4.72 Å². The molecule has 0 spiro atoms. The van der Waals surface area contributed by atoms with Gasteiger partial charge in [-0.1, -0.05) is 6.92 Å². The third-order valence-corrected chi connectivity index (χ3v) is 4.45. The predicted octanol–water partition coefficient (Wildman–Crippen LogP) is 2.77. The highest BCUT2D eigenvalue weighted by Crippen LogP contribution is 2.24. The van der Waals surface area contributed by atoms with Gasteiger partial charge >= 0.3 is 0 Å². The van der Waals surface area contributed by atoms with E-state index in [9.17, 15) is 17.2 Å². The summed E-state index contributed by atoms with van der Waals surface area (Å²) in [5.74, 6) is -1.74. The van der Waals surface area contributed by atoms with Gasteiger partial charge in [-0.05, 0) is 28.4 Å². The largest absolute Gasteiger partial charge is 0.279 e. The van der Waals surface area contributed by atoms with Crippen molar-refractivity contribution in [2.45, 2.75) is 18.6 Å². The SMILES string of the molecule is CCC(C#N)S(=O)(=O)Nc1cc(F)c(Br)cc1F. The van der Waals surface area contributed by atoms with Crippen LogP contribution in [0.2, 0.25) is 0 Å². The van der Waals surface area contributed by atoms with Crippen LogP contribution in [-0.4, -0.2) is 13.7 Å². The maximum Gasteiger partial charge on any atom is 0.249 e. The lowest BCUT2D eigenvalue weighted by atomic mass is 10.3. The van der Waals surface area contributed by atoms with E-state index in [1.165, 1.54) is 6.92 Å². The van der Waals surface area contributed by atoms with Crippen LogP contribution in [0.1, 0.15) is 13.3 Å². The molecule has 1 aromatic carbocycles. The molecular formula is C10H9BrF2N2O2S. The van der Waals surface area contributed by atoms with Crippen LogP contribution in [0.25, 0.3) is 0 Å². The van der Waals surface area contributed by atoms with Crippen molar-refractivity contribution in [3.05, 3.63) is 28.2 Å². The van der Waals surface area contributed by atoms with Gasteiger partial charge in [0, 0.05) is 6.07 Å². The first-order valence-electron chi connectivity index (χ1n) is 4.87. The number of benzene rings is 1. The van der Waals surface area contributed by atoms with E-state index in [1.54, 1.807) is 6.07 Å². The molecule has 0 radical (unpaired) electrons. The zero-order valence-corrected chi connectivity index (χ0v) is 11.6. The van der Waals surface area contributed by atoms with Crippen LogP contribution in [0.5, 0.6) is 0 Å². The lowest BCUT2D eigenvalue weighted by Crippen LogP contribution is -2.26. The first-order chi connectivity index (χ1) is 8.31. The third-order valence-electron chi connectivity index (χ3n) is 2.15. The highest BCUT2D eigenvalue weighted by Gasteiger charge is 2.24. The Kier molecular flexibility index (Phi) is 4.65. The number of nitrogens with one attached hydrogen (secondary N) is 1. The van der Waals surface area contributed by atoms with Crippen LogP contribution in [-0.2, 0) is 10.0 Å². The third kappa shape index (κ3) is 3.17.